The molecule has 106 valence electrons. The summed E-state index contributed by atoms with van der Waals surface area (Å²) in [5.74, 6) is -0.212. The zero-order chi connectivity index (χ0) is 14.7. The number of hydrogen-bond donors (Lipinski definition) is 2. The summed E-state index contributed by atoms with van der Waals surface area (Å²) in [6.07, 6.45) is 3.30. The zero-order valence-corrected chi connectivity index (χ0v) is 11.4. The Balaban J connectivity index is 2.37. The first-order chi connectivity index (χ1) is 9.54. The normalized spacial score (nSPS) is 12.1. The minimum absolute atomic E-state index is 0.0106. The molecule has 7 heteroatoms. The van der Waals surface area contributed by atoms with Gasteiger partial charge in [-0.2, -0.15) is 5.10 Å². The lowest BCUT2D eigenvalue weighted by atomic mass is 10.2. The number of hydrogen-bond acceptors (Lipinski definition) is 4. The van der Waals surface area contributed by atoms with Crippen LogP contribution in [0.15, 0.2) is 35.7 Å². The van der Waals surface area contributed by atoms with E-state index in [0.29, 0.717) is 5.56 Å². The van der Waals surface area contributed by atoms with Gasteiger partial charge < -0.3 is 15.8 Å². The van der Waals surface area contributed by atoms with Crippen LogP contribution in [-0.4, -0.2) is 44.1 Å². The van der Waals surface area contributed by atoms with Crippen LogP contribution in [0, 0.1) is 0 Å². The summed E-state index contributed by atoms with van der Waals surface area (Å²) >= 11 is 0. The van der Waals surface area contributed by atoms with Crippen molar-refractivity contribution in [2.24, 2.45) is 10.9 Å². The zero-order valence-electron chi connectivity index (χ0n) is 11.4. The van der Waals surface area contributed by atoms with Crippen molar-refractivity contribution in [2.45, 2.75) is 19.9 Å². The minimum atomic E-state index is -0.201. The summed E-state index contributed by atoms with van der Waals surface area (Å²) in [4.78, 5) is 14.1. The summed E-state index contributed by atoms with van der Waals surface area (Å²) < 4.78 is 1.63. The van der Waals surface area contributed by atoms with Gasteiger partial charge >= 0.3 is 0 Å². The third-order valence-electron chi connectivity index (χ3n) is 3.00. The lowest BCUT2D eigenvalue weighted by Crippen LogP contribution is -2.42. The maximum absolute atomic E-state index is 12.6. The molecule has 0 aliphatic carbocycles. The van der Waals surface area contributed by atoms with Crippen LogP contribution >= 0.6 is 0 Å². The number of aromatic nitrogens is 2. The minimum Gasteiger partial charge on any atom is -0.409 e. The van der Waals surface area contributed by atoms with Crippen LogP contribution in [0.4, 0.5) is 0 Å². The molecule has 2 heterocycles. The fourth-order valence-corrected chi connectivity index (χ4v) is 1.95. The number of nitrogens with two attached hydrogens (primary N) is 1. The topological polar surface area (TPSA) is 96.2 Å². The van der Waals surface area contributed by atoms with Crippen LogP contribution in [0.25, 0.3) is 5.52 Å². The number of fused-ring (bicyclic) bond motifs is 1. The number of pyridine rings is 1. The van der Waals surface area contributed by atoms with Crippen LogP contribution in [0.3, 0.4) is 0 Å². The van der Waals surface area contributed by atoms with Gasteiger partial charge in [-0.25, -0.2) is 4.52 Å². The molecule has 2 aromatic rings. The van der Waals surface area contributed by atoms with E-state index >= 15 is 0 Å². The first-order valence-corrected chi connectivity index (χ1v) is 6.24. The molecule has 0 bridgehead atoms. The molecule has 0 saturated heterocycles. The lowest BCUT2D eigenvalue weighted by Gasteiger charge is -2.25. The van der Waals surface area contributed by atoms with Crippen molar-refractivity contribution >= 4 is 17.3 Å². The highest BCUT2D eigenvalue weighted by molar-refractivity contribution is 6.02. The molecule has 3 N–H and O–H groups in total. The number of carbonyl (C=O) groups excluding carboxylic acids is 1. The van der Waals surface area contributed by atoms with E-state index in [9.17, 15) is 4.79 Å². The Morgan fingerprint density at radius 3 is 2.95 bits per heavy atom. The third kappa shape index (κ3) is 2.56. The molecule has 0 aromatic carbocycles. The maximum atomic E-state index is 12.6. The second-order valence-corrected chi connectivity index (χ2v) is 4.71. The molecule has 0 unspecified atom stereocenters. The molecular weight excluding hydrogens is 258 g/mol. The summed E-state index contributed by atoms with van der Waals surface area (Å²) in [6.45, 7) is 3.81. The number of rotatable bonds is 4. The standard InChI is InChI=1S/C13H17N5O2/c1-9(2)17(8-12(14)16-20)13(19)10-7-15-18-6-4-3-5-11(10)18/h3-7,9,20H,8H2,1-2H3,(H2,14,16). The van der Waals surface area contributed by atoms with E-state index in [-0.39, 0.29) is 24.3 Å². The number of carbonyl (C=O) groups is 1. The van der Waals surface area contributed by atoms with Crippen LogP contribution in [0.5, 0.6) is 0 Å². The summed E-state index contributed by atoms with van der Waals surface area (Å²) in [7, 11) is 0. The number of amidine groups is 1. The first kappa shape index (κ1) is 13.9. The molecule has 2 aromatic heterocycles. The van der Waals surface area contributed by atoms with Gasteiger partial charge in [-0.3, -0.25) is 4.79 Å². The van der Waals surface area contributed by atoms with Crippen molar-refractivity contribution in [3.05, 3.63) is 36.2 Å². The second-order valence-electron chi connectivity index (χ2n) is 4.71. The quantitative estimate of drug-likeness (QED) is 0.375. The Morgan fingerprint density at radius 2 is 2.30 bits per heavy atom. The highest BCUT2D eigenvalue weighted by Crippen LogP contribution is 2.14. The molecule has 1 amide bonds. The Kier molecular flexibility index (Phi) is 3.88. The van der Waals surface area contributed by atoms with Crippen molar-refractivity contribution < 1.29 is 10.0 Å². The summed E-state index contributed by atoms with van der Waals surface area (Å²) in [6, 6.07) is 5.42. The smallest absolute Gasteiger partial charge is 0.258 e. The average molecular weight is 275 g/mol. The Morgan fingerprint density at radius 1 is 1.55 bits per heavy atom. The van der Waals surface area contributed by atoms with Crippen LogP contribution < -0.4 is 5.73 Å². The molecule has 2 rings (SSSR count). The van der Waals surface area contributed by atoms with E-state index in [1.54, 1.807) is 10.7 Å². The molecule has 7 nitrogen and oxygen atoms in total. The highest BCUT2D eigenvalue weighted by atomic mass is 16.4. The van der Waals surface area contributed by atoms with Crippen LogP contribution in [-0.2, 0) is 0 Å². The van der Waals surface area contributed by atoms with Gasteiger partial charge in [0, 0.05) is 12.2 Å². The molecule has 0 saturated carbocycles. The van der Waals surface area contributed by atoms with Gasteiger partial charge in [-0.1, -0.05) is 11.2 Å². The number of amides is 1. The fraction of sp³-hybridized carbons (Fsp3) is 0.308. The number of nitrogens with zero attached hydrogens (tertiary/aromatic N) is 4. The molecular formula is C13H17N5O2. The van der Waals surface area contributed by atoms with Gasteiger partial charge in [0.05, 0.1) is 23.8 Å². The predicted octanol–water partition coefficient (Wildman–Crippen LogP) is 0.931. The Bertz CT molecular complexity index is 647. The maximum Gasteiger partial charge on any atom is 0.258 e. The van der Waals surface area contributed by atoms with Gasteiger partial charge in [0.15, 0.2) is 5.84 Å². The lowest BCUT2D eigenvalue weighted by molar-refractivity contribution is 0.0736. The van der Waals surface area contributed by atoms with Crippen LogP contribution in [0.1, 0.15) is 24.2 Å². The highest BCUT2D eigenvalue weighted by Gasteiger charge is 2.22. The third-order valence-corrected chi connectivity index (χ3v) is 3.00. The largest absolute Gasteiger partial charge is 0.409 e. The van der Waals surface area contributed by atoms with Crippen molar-refractivity contribution in [3.8, 4) is 0 Å². The van der Waals surface area contributed by atoms with E-state index in [1.165, 1.54) is 11.1 Å². The molecule has 0 spiro atoms. The predicted molar refractivity (Wildman–Crippen MR) is 74.8 cm³/mol. The van der Waals surface area contributed by atoms with Crippen molar-refractivity contribution in [1.29, 1.82) is 0 Å². The molecule has 20 heavy (non-hydrogen) atoms. The monoisotopic (exact) mass is 275 g/mol. The van der Waals surface area contributed by atoms with Crippen molar-refractivity contribution in [3.63, 3.8) is 0 Å². The van der Waals surface area contributed by atoms with Crippen molar-refractivity contribution in [2.75, 3.05) is 6.54 Å². The summed E-state index contributed by atoms with van der Waals surface area (Å²) in [5.41, 5.74) is 6.72. The van der Waals surface area contributed by atoms with E-state index in [2.05, 4.69) is 10.3 Å². The van der Waals surface area contributed by atoms with Gasteiger partial charge in [0.2, 0.25) is 0 Å². The summed E-state index contributed by atoms with van der Waals surface area (Å²) in [5, 5.41) is 15.7. The van der Waals surface area contributed by atoms with Crippen molar-refractivity contribution in [1.82, 2.24) is 14.5 Å². The van der Waals surface area contributed by atoms with Gasteiger partial charge in [-0.05, 0) is 26.0 Å². The van der Waals surface area contributed by atoms with E-state index < -0.39 is 0 Å². The Labute approximate surface area is 116 Å². The molecule has 0 aliphatic heterocycles. The fourth-order valence-electron chi connectivity index (χ4n) is 1.95. The number of oxime groups is 1. The van der Waals surface area contributed by atoms with Crippen LogP contribution in [0.2, 0.25) is 0 Å². The molecule has 0 fully saturated rings. The SMILES string of the molecule is CC(C)N(C/C(N)=N/O)C(=O)c1cnn2ccccc12. The average Bonchev–Trinajstić information content (AvgIpc) is 2.87. The second kappa shape index (κ2) is 5.60. The van der Waals surface area contributed by atoms with Gasteiger partial charge in [-0.15, -0.1) is 0 Å². The molecule has 0 aliphatic rings. The Hall–Kier alpha value is -2.57. The van der Waals surface area contributed by atoms with Gasteiger partial charge in [0.25, 0.3) is 5.91 Å². The van der Waals surface area contributed by atoms with E-state index in [1.807, 2.05) is 32.0 Å². The van der Waals surface area contributed by atoms with E-state index in [0.717, 1.165) is 5.52 Å². The molecule has 0 atom stereocenters. The van der Waals surface area contributed by atoms with Gasteiger partial charge in [0.1, 0.15) is 0 Å². The first-order valence-electron chi connectivity index (χ1n) is 6.24. The molecule has 0 radical (unpaired) electrons. The van der Waals surface area contributed by atoms with E-state index in [4.69, 9.17) is 10.9 Å².